The molecule has 4 amide bonds. The molecule has 0 saturated carbocycles. The lowest BCUT2D eigenvalue weighted by Crippen LogP contribution is -2.53. The van der Waals surface area contributed by atoms with Gasteiger partial charge in [0.05, 0.1) is 23.5 Å². The Balaban J connectivity index is 1.54. The fourth-order valence-corrected chi connectivity index (χ4v) is 7.09. The largest absolute Gasteiger partial charge is 0.490 e. The van der Waals surface area contributed by atoms with Gasteiger partial charge in [-0.05, 0) is 97.4 Å². The van der Waals surface area contributed by atoms with Crippen molar-refractivity contribution in [2.45, 2.75) is 108 Å². The van der Waals surface area contributed by atoms with Gasteiger partial charge in [-0.2, -0.15) is 10.5 Å². The average molecular weight is 1050 g/mol. The number of pyridine rings is 1. The summed E-state index contributed by atoms with van der Waals surface area (Å²) in [4.78, 5) is 85.3. The number of aliphatic hydroxyl groups excluding tert-OH is 2. The first-order valence-electron chi connectivity index (χ1n) is 22.2. The Labute approximate surface area is 429 Å². The topological polar surface area (TPSA) is 350 Å². The number of nitrogens with two attached hydrogens (primary N) is 1. The summed E-state index contributed by atoms with van der Waals surface area (Å²) in [5.41, 5.74) is 6.26. The summed E-state index contributed by atoms with van der Waals surface area (Å²) in [7, 11) is 0. The highest BCUT2D eigenvalue weighted by Crippen LogP contribution is 2.37. The van der Waals surface area contributed by atoms with Crippen molar-refractivity contribution in [3.63, 3.8) is 0 Å². The molecule has 0 bridgehead atoms. The van der Waals surface area contributed by atoms with Crippen molar-refractivity contribution in [1.29, 1.82) is 10.5 Å². The molecule has 73 heavy (non-hydrogen) atoms. The number of aromatic nitrogens is 2. The van der Waals surface area contributed by atoms with Gasteiger partial charge < -0.3 is 65.3 Å². The molecule has 0 aliphatic rings. The van der Waals surface area contributed by atoms with E-state index in [1.807, 2.05) is 6.07 Å². The number of halogens is 1. The molecule has 2 heterocycles. The Kier molecular flexibility index (Phi) is 20.8. The predicted molar refractivity (Wildman–Crippen MR) is 262 cm³/mol. The van der Waals surface area contributed by atoms with Crippen LogP contribution in [0.15, 0.2) is 64.2 Å². The molecule has 4 aromatic rings. The van der Waals surface area contributed by atoms with E-state index in [4.69, 9.17) is 45.4 Å². The molecule has 5 atom stereocenters. The minimum absolute atomic E-state index is 0.0472. The van der Waals surface area contributed by atoms with Gasteiger partial charge >= 0.3 is 24.1 Å². The van der Waals surface area contributed by atoms with Crippen LogP contribution in [0.1, 0.15) is 72.2 Å². The number of carbonyl (C=O) groups excluding carboxylic acids is 6. The number of hydrogen-bond donors (Lipinski definition) is 7. The molecule has 4 rings (SSSR count). The van der Waals surface area contributed by atoms with Crippen LogP contribution in [0.2, 0.25) is 5.02 Å². The third-order valence-electron chi connectivity index (χ3n) is 9.38. The molecule has 8 N–H and O–H groups in total. The Hall–Kier alpha value is -7.64. The monoisotopic (exact) mass is 1050 g/mol. The van der Waals surface area contributed by atoms with Gasteiger partial charge in [-0.1, -0.05) is 35.5 Å². The van der Waals surface area contributed by atoms with Crippen molar-refractivity contribution in [2.75, 3.05) is 32.0 Å². The van der Waals surface area contributed by atoms with Gasteiger partial charge in [0.25, 0.3) is 0 Å². The highest BCUT2D eigenvalue weighted by atomic mass is 35.5. The first-order valence-corrected chi connectivity index (χ1v) is 23.6. The molecule has 0 radical (unpaired) electrons. The van der Waals surface area contributed by atoms with Gasteiger partial charge in [0.15, 0.2) is 18.2 Å². The van der Waals surface area contributed by atoms with Gasteiger partial charge in [-0.25, -0.2) is 29.1 Å². The molecule has 0 fully saturated rings. The Bertz CT molecular complexity index is 2690. The summed E-state index contributed by atoms with van der Waals surface area (Å²) in [5.74, 6) is -3.67. The van der Waals surface area contributed by atoms with E-state index in [1.165, 1.54) is 44.4 Å². The zero-order chi connectivity index (χ0) is 54.2. The smallest absolute Gasteiger partial charge is 0.408 e. The summed E-state index contributed by atoms with van der Waals surface area (Å²) < 4.78 is 32.7. The molecule has 23 nitrogen and oxygen atoms in total. The quantitative estimate of drug-likeness (QED) is 0.0348. The second-order valence-electron chi connectivity index (χ2n) is 17.9. The van der Waals surface area contributed by atoms with Crippen LogP contribution in [-0.4, -0.2) is 124 Å². The Morgan fingerprint density at radius 1 is 0.767 bits per heavy atom. The number of aliphatic hydroxyl groups is 2. The number of nitrogen functional groups attached to an aromatic ring is 1. The van der Waals surface area contributed by atoms with Crippen molar-refractivity contribution in [3.05, 3.63) is 76.6 Å². The third kappa shape index (κ3) is 18.5. The zero-order valence-corrected chi connectivity index (χ0v) is 42.6. The Morgan fingerprint density at radius 3 is 1.79 bits per heavy atom. The number of esters is 2. The first kappa shape index (κ1) is 57.9. The van der Waals surface area contributed by atoms with Gasteiger partial charge in [0, 0.05) is 21.9 Å². The van der Waals surface area contributed by atoms with Crippen molar-refractivity contribution >= 4 is 65.1 Å². The summed E-state index contributed by atoms with van der Waals surface area (Å²) in [5, 5.41) is 51.1. The van der Waals surface area contributed by atoms with Crippen LogP contribution in [0, 0.1) is 22.7 Å². The second kappa shape index (κ2) is 26.2. The fourth-order valence-electron chi connectivity index (χ4n) is 6.09. The second-order valence-corrected chi connectivity index (χ2v) is 19.3. The number of thioether (sulfide) groups is 1. The minimum atomic E-state index is -1.73. The minimum Gasteiger partial charge on any atom is -0.490 e. The van der Waals surface area contributed by atoms with Crippen molar-refractivity contribution in [3.8, 4) is 40.5 Å². The van der Waals surface area contributed by atoms with Crippen LogP contribution in [0.4, 0.5) is 15.4 Å². The van der Waals surface area contributed by atoms with Crippen LogP contribution in [0.5, 0.6) is 5.75 Å². The number of benzene rings is 2. The molecule has 25 heteroatoms. The number of oxazole rings is 1. The van der Waals surface area contributed by atoms with Gasteiger partial charge in [-0.3, -0.25) is 9.59 Å². The number of rotatable bonds is 21. The number of ether oxygens (including phenoxy) is 5. The van der Waals surface area contributed by atoms with E-state index < -0.39 is 104 Å². The first-order chi connectivity index (χ1) is 34.3. The maximum absolute atomic E-state index is 13.6. The van der Waals surface area contributed by atoms with Gasteiger partial charge in [-0.15, -0.1) is 0 Å². The zero-order valence-electron chi connectivity index (χ0n) is 41.1. The predicted octanol–water partition coefficient (Wildman–Crippen LogP) is 4.29. The molecular formula is C48H56ClN9O14S. The number of hydrogen-bond acceptors (Lipinski definition) is 20. The molecule has 0 spiro atoms. The van der Waals surface area contributed by atoms with E-state index in [2.05, 4.69) is 37.3 Å². The number of carbonyl (C=O) groups is 6. The van der Waals surface area contributed by atoms with E-state index in [0.29, 0.717) is 27.7 Å². The molecule has 5 unspecified atom stereocenters. The van der Waals surface area contributed by atoms with Gasteiger partial charge in [0.2, 0.25) is 17.7 Å². The van der Waals surface area contributed by atoms with Crippen LogP contribution in [0.25, 0.3) is 22.6 Å². The third-order valence-corrected chi connectivity index (χ3v) is 10.6. The van der Waals surface area contributed by atoms with E-state index in [9.17, 15) is 49.5 Å². The maximum atomic E-state index is 13.6. The van der Waals surface area contributed by atoms with E-state index in [0.717, 1.165) is 11.8 Å². The highest BCUT2D eigenvalue weighted by Gasteiger charge is 2.33. The van der Waals surface area contributed by atoms with E-state index in [1.54, 1.807) is 65.8 Å². The van der Waals surface area contributed by atoms with E-state index >= 15 is 0 Å². The lowest BCUT2D eigenvalue weighted by molar-refractivity contribution is -0.167. The fraction of sp³-hybridized carbons (Fsp3) is 0.417. The van der Waals surface area contributed by atoms with Crippen LogP contribution in [0.3, 0.4) is 0 Å². The SMILES string of the molecule is CC(O)C(NC(=O)CNC(=O)OC(C)(C)C)C(=O)OCC(COc1ccc(-c2c(C#N)c(N)nc(SCc3coc(-c4ccc(Cl)cc4)n3)c2C#N)cc1)OC(=O)C(NC(=O)CNC(=O)OC(C)(C)C)C(C)O. The van der Waals surface area contributed by atoms with Gasteiger partial charge in [0.1, 0.15) is 78.1 Å². The van der Waals surface area contributed by atoms with E-state index in [-0.39, 0.29) is 39.0 Å². The number of nitrogens with zero attached hydrogens (tertiary/aromatic N) is 4. The number of amides is 4. The number of alkyl carbamates (subject to hydrolysis) is 2. The lowest BCUT2D eigenvalue weighted by Gasteiger charge is -2.25. The average Bonchev–Trinajstić information content (AvgIpc) is 3.79. The summed E-state index contributed by atoms with van der Waals surface area (Å²) in [6.07, 6.45) is -4.98. The molecule has 0 aliphatic carbocycles. The van der Waals surface area contributed by atoms with Crippen molar-refractivity contribution in [2.24, 2.45) is 0 Å². The molecular weight excluding hydrogens is 994 g/mol. The summed E-state index contributed by atoms with van der Waals surface area (Å²) >= 11 is 7.15. The molecule has 0 aliphatic heterocycles. The number of nitrogens with one attached hydrogen (secondary N) is 4. The summed E-state index contributed by atoms with van der Waals surface area (Å²) in [6.45, 7) is 9.41. The maximum Gasteiger partial charge on any atom is 0.408 e. The number of anilines is 1. The number of nitriles is 2. The lowest BCUT2D eigenvalue weighted by atomic mass is 9.97. The normalized spacial score (nSPS) is 13.3. The van der Waals surface area contributed by atoms with Crippen LogP contribution >= 0.6 is 23.4 Å². The van der Waals surface area contributed by atoms with Crippen LogP contribution < -0.4 is 31.7 Å². The van der Waals surface area contributed by atoms with Crippen molar-refractivity contribution in [1.82, 2.24) is 31.2 Å². The Morgan fingerprint density at radius 2 is 1.29 bits per heavy atom. The molecule has 390 valence electrons. The van der Waals surface area contributed by atoms with Crippen LogP contribution in [-0.2, 0) is 43.9 Å². The summed E-state index contributed by atoms with van der Waals surface area (Å²) in [6, 6.07) is 13.6. The molecule has 0 saturated heterocycles. The highest BCUT2D eigenvalue weighted by molar-refractivity contribution is 7.98. The standard InChI is InChI=1S/C48H56ClN9O14S/c1-25(59)38(56-35(61)19-53-45(65)71-47(3,4)5)43(63)69-23-32(70-44(64)39(26(2)60)57-36(62)20-54-46(66)72-48(6,7)8)22-67-31-15-11-27(12-16-31)37-33(17-50)40(52)58-42(34(37)18-51)73-24-30-21-68-41(55-30)28-9-13-29(49)14-10-28/h9-16,21,25-26,32,38-39,59-60H,19-20,22-24H2,1-8H3,(H2,52,58)(H,53,65)(H,54,66)(H,56,61)(H,57,62). The molecule has 2 aromatic carbocycles. The molecule has 2 aromatic heterocycles. The van der Waals surface area contributed by atoms with Crippen molar-refractivity contribution < 1.29 is 67.1 Å².